The molecule has 0 aliphatic rings. The lowest BCUT2D eigenvalue weighted by molar-refractivity contribution is -0.150. The maximum atomic E-state index is 10.8. The molecule has 66 valence electrons. The highest BCUT2D eigenvalue weighted by Gasteiger charge is 2.09. The van der Waals surface area contributed by atoms with Crippen LogP contribution in [-0.2, 0) is 9.53 Å². The van der Waals surface area contributed by atoms with Gasteiger partial charge in [0.25, 0.3) is 0 Å². The van der Waals surface area contributed by atoms with Crippen molar-refractivity contribution in [3.63, 3.8) is 0 Å². The van der Waals surface area contributed by atoms with E-state index >= 15 is 0 Å². The van der Waals surface area contributed by atoms with E-state index in [2.05, 4.69) is 0 Å². The van der Waals surface area contributed by atoms with Crippen LogP contribution in [-0.4, -0.2) is 30.3 Å². The first-order chi connectivity index (χ1) is 5.24. The number of carbonyl (C=O) groups is 1. The van der Waals surface area contributed by atoms with Crippen molar-refractivity contribution in [3.05, 3.63) is 0 Å². The monoisotopic (exact) mass is 161 g/mol. The molecule has 0 spiro atoms. The number of aliphatic hydroxyl groups excluding tert-OH is 1. The van der Waals surface area contributed by atoms with Crippen LogP contribution < -0.4 is 5.73 Å². The Morgan fingerprint density at radius 2 is 2.36 bits per heavy atom. The summed E-state index contributed by atoms with van der Waals surface area (Å²) in [5.41, 5.74) is 5.19. The Kier molecular flexibility index (Phi) is 5.78. The van der Waals surface area contributed by atoms with E-state index < -0.39 is 6.10 Å². The summed E-state index contributed by atoms with van der Waals surface area (Å²) in [6.07, 6.45) is 0.604. The van der Waals surface area contributed by atoms with E-state index in [4.69, 9.17) is 15.6 Å². The van der Waals surface area contributed by atoms with Gasteiger partial charge in [-0.2, -0.15) is 0 Å². The van der Waals surface area contributed by atoms with Crippen LogP contribution in [0, 0.1) is 0 Å². The number of hydrogen-bond acceptors (Lipinski definition) is 4. The minimum absolute atomic E-state index is 0.173. The molecule has 4 nitrogen and oxygen atoms in total. The van der Waals surface area contributed by atoms with Crippen LogP contribution in [0.15, 0.2) is 0 Å². The van der Waals surface area contributed by atoms with Crippen LogP contribution in [0.5, 0.6) is 0 Å². The summed E-state index contributed by atoms with van der Waals surface area (Å²) in [7, 11) is 0. The summed E-state index contributed by atoms with van der Waals surface area (Å²) in [6.45, 7) is 1.86. The van der Waals surface area contributed by atoms with Crippen LogP contribution in [0.3, 0.4) is 0 Å². The molecule has 0 saturated carbocycles. The topological polar surface area (TPSA) is 72.5 Å². The third kappa shape index (κ3) is 4.75. The molecule has 0 fully saturated rings. The molecule has 0 aliphatic carbocycles. The van der Waals surface area contributed by atoms with Gasteiger partial charge >= 0.3 is 5.97 Å². The molecular formula is C7H15NO3. The molecule has 0 aromatic heterocycles. The summed E-state index contributed by atoms with van der Waals surface area (Å²) in [5, 5.41) is 8.59. The fourth-order valence-electron chi connectivity index (χ4n) is 0.609. The first-order valence-corrected chi connectivity index (χ1v) is 3.75. The molecule has 0 radical (unpaired) electrons. The van der Waals surface area contributed by atoms with Crippen molar-refractivity contribution in [1.82, 2.24) is 0 Å². The van der Waals surface area contributed by atoms with Gasteiger partial charge in [0.15, 0.2) is 0 Å². The van der Waals surface area contributed by atoms with Gasteiger partial charge in [-0.15, -0.1) is 0 Å². The molecule has 0 bridgehead atoms. The summed E-state index contributed by atoms with van der Waals surface area (Å²) in [6, 6.07) is 0. The molecule has 0 aromatic rings. The summed E-state index contributed by atoms with van der Waals surface area (Å²) < 4.78 is 4.78. The second-order valence-electron chi connectivity index (χ2n) is 2.28. The van der Waals surface area contributed by atoms with Gasteiger partial charge in [0.1, 0.15) is 6.10 Å². The Bertz CT molecular complexity index is 112. The van der Waals surface area contributed by atoms with Gasteiger partial charge in [-0.25, -0.2) is 0 Å². The number of rotatable bonds is 5. The van der Waals surface area contributed by atoms with E-state index in [1.807, 2.05) is 6.92 Å². The van der Waals surface area contributed by atoms with Crippen LogP contribution in [0.2, 0.25) is 0 Å². The van der Waals surface area contributed by atoms with Gasteiger partial charge in [0.05, 0.1) is 6.61 Å². The van der Waals surface area contributed by atoms with Crippen molar-refractivity contribution in [1.29, 1.82) is 0 Å². The zero-order valence-electron chi connectivity index (χ0n) is 6.75. The first-order valence-electron chi connectivity index (χ1n) is 3.75. The highest BCUT2D eigenvalue weighted by atomic mass is 16.6. The second kappa shape index (κ2) is 6.12. The van der Waals surface area contributed by atoms with E-state index in [0.29, 0.717) is 6.42 Å². The number of ether oxygens (including phenoxy) is 1. The molecule has 11 heavy (non-hydrogen) atoms. The minimum Gasteiger partial charge on any atom is -0.459 e. The molecule has 0 amide bonds. The molecule has 0 aromatic carbocycles. The minimum atomic E-state index is -0.533. The number of nitrogens with two attached hydrogens (primary N) is 1. The number of hydrogen-bond donors (Lipinski definition) is 2. The smallest absolute Gasteiger partial charge is 0.306 e. The third-order valence-electron chi connectivity index (χ3n) is 1.22. The summed E-state index contributed by atoms with van der Waals surface area (Å²) >= 11 is 0. The predicted molar refractivity (Wildman–Crippen MR) is 40.9 cm³/mol. The Hall–Kier alpha value is -0.610. The lowest BCUT2D eigenvalue weighted by atomic mass is 10.3. The predicted octanol–water partition coefficient (Wildman–Crippen LogP) is -0.351. The zero-order chi connectivity index (χ0) is 8.69. The van der Waals surface area contributed by atoms with E-state index in [9.17, 15) is 4.79 Å². The lowest BCUT2D eigenvalue weighted by Gasteiger charge is -2.12. The fraction of sp³-hybridized carbons (Fsp3) is 0.857. The van der Waals surface area contributed by atoms with Crippen molar-refractivity contribution in [3.8, 4) is 0 Å². The normalized spacial score (nSPS) is 12.6. The fourth-order valence-corrected chi connectivity index (χ4v) is 0.609. The van der Waals surface area contributed by atoms with Crippen molar-refractivity contribution < 1.29 is 14.6 Å². The van der Waals surface area contributed by atoms with Gasteiger partial charge in [0.2, 0.25) is 0 Å². The van der Waals surface area contributed by atoms with Crippen LogP contribution in [0.1, 0.15) is 19.8 Å². The van der Waals surface area contributed by atoms with E-state index in [1.165, 1.54) is 0 Å². The molecule has 4 heteroatoms. The highest BCUT2D eigenvalue weighted by Crippen LogP contribution is 1.95. The summed E-state index contributed by atoms with van der Waals surface area (Å²) in [5.74, 6) is -0.294. The molecule has 0 rings (SSSR count). The maximum absolute atomic E-state index is 10.8. The van der Waals surface area contributed by atoms with Gasteiger partial charge in [-0.1, -0.05) is 6.92 Å². The molecule has 0 heterocycles. The Morgan fingerprint density at radius 1 is 1.73 bits per heavy atom. The molecular weight excluding hydrogens is 146 g/mol. The highest BCUT2D eigenvalue weighted by molar-refractivity contribution is 5.69. The third-order valence-corrected chi connectivity index (χ3v) is 1.22. The van der Waals surface area contributed by atoms with Gasteiger partial charge in [0, 0.05) is 13.0 Å². The number of carbonyl (C=O) groups excluding carboxylic acids is 1. The standard InChI is InChI=1S/C7H15NO3/c1-2-3-7(10)11-6(4-8)5-9/h6,9H,2-5,8H2,1H3. The second-order valence-corrected chi connectivity index (χ2v) is 2.28. The maximum Gasteiger partial charge on any atom is 0.306 e. The van der Waals surface area contributed by atoms with Gasteiger partial charge in [-0.05, 0) is 6.42 Å². The Morgan fingerprint density at radius 3 is 2.73 bits per heavy atom. The average molecular weight is 161 g/mol. The SMILES string of the molecule is CCCC(=O)OC(CN)CO. The van der Waals surface area contributed by atoms with E-state index in [0.717, 1.165) is 6.42 Å². The van der Waals surface area contributed by atoms with Crippen molar-refractivity contribution in [2.24, 2.45) is 5.73 Å². The van der Waals surface area contributed by atoms with Crippen molar-refractivity contribution in [2.75, 3.05) is 13.2 Å². The molecule has 0 saturated heterocycles. The van der Waals surface area contributed by atoms with Crippen molar-refractivity contribution >= 4 is 5.97 Å². The Labute approximate surface area is 66.3 Å². The van der Waals surface area contributed by atoms with Crippen LogP contribution in [0.25, 0.3) is 0 Å². The lowest BCUT2D eigenvalue weighted by Crippen LogP contribution is -2.29. The molecule has 1 atom stereocenters. The first kappa shape index (κ1) is 10.4. The quantitative estimate of drug-likeness (QED) is 0.540. The van der Waals surface area contributed by atoms with Gasteiger partial charge in [-0.3, -0.25) is 4.79 Å². The zero-order valence-corrected chi connectivity index (χ0v) is 6.75. The van der Waals surface area contributed by atoms with Crippen LogP contribution in [0.4, 0.5) is 0 Å². The van der Waals surface area contributed by atoms with Crippen molar-refractivity contribution in [2.45, 2.75) is 25.9 Å². The van der Waals surface area contributed by atoms with E-state index in [1.54, 1.807) is 0 Å². The number of esters is 1. The largest absolute Gasteiger partial charge is 0.459 e. The molecule has 3 N–H and O–H groups in total. The number of aliphatic hydroxyl groups is 1. The average Bonchev–Trinajstić information content (AvgIpc) is 2.01. The van der Waals surface area contributed by atoms with E-state index in [-0.39, 0.29) is 19.1 Å². The van der Waals surface area contributed by atoms with Crippen LogP contribution >= 0.6 is 0 Å². The molecule has 1 unspecified atom stereocenters. The summed E-state index contributed by atoms with van der Waals surface area (Å²) in [4.78, 5) is 10.8. The van der Waals surface area contributed by atoms with Gasteiger partial charge < -0.3 is 15.6 Å². The Balaban J connectivity index is 3.54. The molecule has 0 aliphatic heterocycles.